The smallest absolute Gasteiger partial charge is 0.289 e. The normalized spacial score (nSPS) is 18.8. The van der Waals surface area contributed by atoms with Crippen molar-refractivity contribution in [2.45, 2.75) is 19.4 Å². The Labute approximate surface area is 104 Å². The van der Waals surface area contributed by atoms with Crippen molar-refractivity contribution >= 4 is 6.02 Å². The molecule has 1 aromatic carbocycles. The molecular weight excluding hydrogens is 238 g/mol. The molecule has 1 unspecified atom stereocenters. The van der Waals surface area contributed by atoms with E-state index < -0.39 is 11.6 Å². The molecule has 1 atom stereocenters. The Bertz CT molecular complexity index is 492. The highest BCUT2D eigenvalue weighted by molar-refractivity contribution is 5.77. The summed E-state index contributed by atoms with van der Waals surface area (Å²) in [6, 6.07) is 3.81. The predicted molar refractivity (Wildman–Crippen MR) is 65.1 cm³/mol. The van der Waals surface area contributed by atoms with Gasteiger partial charge in [0.25, 0.3) is 6.02 Å². The first-order valence-electron chi connectivity index (χ1n) is 5.68. The summed E-state index contributed by atoms with van der Waals surface area (Å²) in [5.74, 6) is -1.73. The third-order valence-electron chi connectivity index (χ3n) is 2.74. The van der Waals surface area contributed by atoms with Gasteiger partial charge in [-0.25, -0.2) is 13.8 Å². The lowest BCUT2D eigenvalue weighted by molar-refractivity contribution is 0.378. The molecule has 3 nitrogen and oxygen atoms in total. The second-order valence-electron chi connectivity index (χ2n) is 3.93. The summed E-state index contributed by atoms with van der Waals surface area (Å²) < 4.78 is 31.1. The molecule has 1 aliphatic rings. The lowest BCUT2D eigenvalue weighted by Crippen LogP contribution is -2.28. The highest BCUT2D eigenvalue weighted by atomic mass is 19.2. The van der Waals surface area contributed by atoms with Gasteiger partial charge in [0, 0.05) is 5.70 Å². The van der Waals surface area contributed by atoms with Gasteiger partial charge in [-0.1, -0.05) is 13.0 Å². The van der Waals surface area contributed by atoms with Gasteiger partial charge in [-0.15, -0.1) is 0 Å². The molecule has 0 amide bonds. The highest BCUT2D eigenvalue weighted by Gasteiger charge is 2.17. The summed E-state index contributed by atoms with van der Waals surface area (Å²) >= 11 is 0. The molecule has 1 aromatic rings. The molecule has 18 heavy (non-hydrogen) atoms. The molecular formula is C13H14F2N2O. The summed E-state index contributed by atoms with van der Waals surface area (Å²) in [6.07, 6.45) is 2.65. The monoisotopic (exact) mass is 252 g/mol. The van der Waals surface area contributed by atoms with Crippen LogP contribution in [0.1, 0.15) is 24.9 Å². The molecule has 0 radical (unpaired) electrons. The van der Waals surface area contributed by atoms with Crippen LogP contribution in [0.15, 0.2) is 35.0 Å². The Balaban J connectivity index is 2.35. The van der Waals surface area contributed by atoms with Crippen molar-refractivity contribution in [1.82, 2.24) is 5.32 Å². The fraction of sp³-hybridized carbons (Fsp3) is 0.308. The van der Waals surface area contributed by atoms with Crippen LogP contribution in [0.2, 0.25) is 0 Å². The van der Waals surface area contributed by atoms with Crippen molar-refractivity contribution < 1.29 is 13.5 Å². The maximum atomic E-state index is 13.2. The van der Waals surface area contributed by atoms with Gasteiger partial charge in [0.2, 0.25) is 0 Å². The highest BCUT2D eigenvalue weighted by Crippen LogP contribution is 2.25. The molecule has 96 valence electrons. The third kappa shape index (κ3) is 2.50. The van der Waals surface area contributed by atoms with Gasteiger partial charge in [-0.05, 0) is 30.2 Å². The molecule has 0 fully saturated rings. The van der Waals surface area contributed by atoms with Gasteiger partial charge >= 0.3 is 0 Å². The first-order valence-corrected chi connectivity index (χ1v) is 5.68. The molecule has 0 saturated carbocycles. The van der Waals surface area contributed by atoms with Crippen LogP contribution in [0.5, 0.6) is 0 Å². The molecule has 0 spiro atoms. The number of ether oxygens (including phenoxy) is 1. The Morgan fingerprint density at radius 3 is 2.72 bits per heavy atom. The van der Waals surface area contributed by atoms with E-state index in [2.05, 4.69) is 10.3 Å². The Morgan fingerprint density at radius 2 is 2.11 bits per heavy atom. The van der Waals surface area contributed by atoms with Crippen LogP contribution in [0, 0.1) is 11.6 Å². The number of amidine groups is 1. The van der Waals surface area contributed by atoms with Gasteiger partial charge in [-0.3, -0.25) is 0 Å². The van der Waals surface area contributed by atoms with E-state index in [1.165, 1.54) is 13.2 Å². The summed E-state index contributed by atoms with van der Waals surface area (Å²) in [4.78, 5) is 4.26. The number of methoxy groups -OCH3 is 1. The molecule has 1 heterocycles. The summed E-state index contributed by atoms with van der Waals surface area (Å²) in [7, 11) is 1.51. The van der Waals surface area contributed by atoms with Crippen molar-refractivity contribution in [3.05, 3.63) is 47.2 Å². The van der Waals surface area contributed by atoms with E-state index in [0.29, 0.717) is 11.6 Å². The van der Waals surface area contributed by atoms with E-state index in [4.69, 9.17) is 4.74 Å². The number of rotatable bonds is 2. The van der Waals surface area contributed by atoms with Gasteiger partial charge < -0.3 is 10.1 Å². The minimum Gasteiger partial charge on any atom is -0.468 e. The average Bonchev–Trinajstić information content (AvgIpc) is 2.41. The number of aliphatic imine (C=N–C) groups is 1. The van der Waals surface area contributed by atoms with E-state index in [0.717, 1.165) is 24.3 Å². The molecule has 5 heteroatoms. The second-order valence-corrected chi connectivity index (χ2v) is 3.93. The molecule has 0 aromatic heterocycles. The molecule has 2 rings (SSSR count). The van der Waals surface area contributed by atoms with Crippen molar-refractivity contribution in [1.29, 1.82) is 0 Å². The van der Waals surface area contributed by atoms with Crippen LogP contribution in [-0.4, -0.2) is 13.1 Å². The van der Waals surface area contributed by atoms with E-state index in [9.17, 15) is 8.78 Å². The van der Waals surface area contributed by atoms with Gasteiger partial charge in [0.05, 0.1) is 7.11 Å². The zero-order chi connectivity index (χ0) is 13.1. The quantitative estimate of drug-likeness (QED) is 0.878. The van der Waals surface area contributed by atoms with Crippen LogP contribution < -0.4 is 5.32 Å². The number of halogens is 2. The first-order chi connectivity index (χ1) is 8.63. The Hall–Kier alpha value is -1.91. The lowest BCUT2D eigenvalue weighted by Gasteiger charge is -2.20. The predicted octanol–water partition coefficient (Wildman–Crippen LogP) is 2.91. The van der Waals surface area contributed by atoms with Crippen LogP contribution in [0.4, 0.5) is 8.78 Å². The van der Waals surface area contributed by atoms with Gasteiger partial charge in [0.1, 0.15) is 6.04 Å². The zero-order valence-corrected chi connectivity index (χ0v) is 10.2. The Morgan fingerprint density at radius 1 is 1.33 bits per heavy atom. The first kappa shape index (κ1) is 12.5. The molecule has 1 N–H and O–H groups in total. The number of hydrogen-bond acceptors (Lipinski definition) is 3. The fourth-order valence-corrected chi connectivity index (χ4v) is 1.74. The van der Waals surface area contributed by atoms with Gasteiger partial charge in [-0.2, -0.15) is 0 Å². The summed E-state index contributed by atoms with van der Waals surface area (Å²) in [5, 5.41) is 3.00. The van der Waals surface area contributed by atoms with Crippen molar-refractivity contribution in [3.8, 4) is 0 Å². The van der Waals surface area contributed by atoms with Crippen molar-refractivity contribution in [2.75, 3.05) is 7.11 Å². The van der Waals surface area contributed by atoms with E-state index in [1.807, 2.05) is 13.0 Å². The third-order valence-corrected chi connectivity index (χ3v) is 2.74. The second kappa shape index (κ2) is 5.16. The maximum absolute atomic E-state index is 13.2. The van der Waals surface area contributed by atoms with Gasteiger partial charge in [0.15, 0.2) is 11.6 Å². The minimum atomic E-state index is -0.869. The standard InChI is InChI=1S/C13H14F2N2O/c1-3-9-7-12(17-13(16-9)18-2)8-4-5-10(14)11(15)6-8/h4-7,12H,3H2,1-2H3,(H,16,17). The van der Waals surface area contributed by atoms with E-state index in [-0.39, 0.29) is 6.04 Å². The lowest BCUT2D eigenvalue weighted by atomic mass is 10.0. The number of benzene rings is 1. The van der Waals surface area contributed by atoms with E-state index in [1.54, 1.807) is 0 Å². The zero-order valence-electron chi connectivity index (χ0n) is 10.2. The van der Waals surface area contributed by atoms with Crippen LogP contribution in [-0.2, 0) is 4.74 Å². The summed E-state index contributed by atoms with van der Waals surface area (Å²) in [5.41, 5.74) is 1.53. The minimum absolute atomic E-state index is 0.355. The maximum Gasteiger partial charge on any atom is 0.289 e. The fourth-order valence-electron chi connectivity index (χ4n) is 1.74. The average molecular weight is 252 g/mol. The number of hydrogen-bond donors (Lipinski definition) is 1. The SMILES string of the molecule is CCC1=CC(c2ccc(F)c(F)c2)N=C(OC)N1. The molecule has 0 bridgehead atoms. The molecule has 1 aliphatic heterocycles. The summed E-state index contributed by atoms with van der Waals surface area (Å²) in [6.45, 7) is 1.99. The Kier molecular flexibility index (Phi) is 3.60. The van der Waals surface area contributed by atoms with E-state index >= 15 is 0 Å². The van der Waals surface area contributed by atoms with Crippen LogP contribution in [0.25, 0.3) is 0 Å². The molecule has 0 aliphatic carbocycles. The largest absolute Gasteiger partial charge is 0.468 e. The van der Waals surface area contributed by atoms with Crippen LogP contribution in [0.3, 0.4) is 0 Å². The number of nitrogens with one attached hydrogen (secondary N) is 1. The number of nitrogens with zero attached hydrogens (tertiary/aromatic N) is 1. The topological polar surface area (TPSA) is 33.6 Å². The number of allylic oxidation sites excluding steroid dienone is 1. The van der Waals surface area contributed by atoms with Crippen molar-refractivity contribution in [2.24, 2.45) is 4.99 Å². The van der Waals surface area contributed by atoms with Crippen molar-refractivity contribution in [3.63, 3.8) is 0 Å². The molecule has 0 saturated heterocycles. The van der Waals surface area contributed by atoms with Crippen LogP contribution >= 0.6 is 0 Å².